The van der Waals surface area contributed by atoms with Gasteiger partial charge in [0.15, 0.2) is 0 Å². The number of rotatable bonds is 5. The van der Waals surface area contributed by atoms with E-state index in [1.807, 2.05) is 4.90 Å². The fraction of sp³-hybridized carbons (Fsp3) is 0.500. The van der Waals surface area contributed by atoms with E-state index in [1.54, 1.807) is 6.07 Å². The van der Waals surface area contributed by atoms with Crippen LogP contribution < -0.4 is 9.64 Å². The Bertz CT molecular complexity index is 538. The maximum atomic E-state index is 10.9. The summed E-state index contributed by atoms with van der Waals surface area (Å²) in [6, 6.07) is 4.69. The molecule has 0 radical (unpaired) electrons. The summed E-state index contributed by atoms with van der Waals surface area (Å²) < 4.78 is 5.10. The highest BCUT2D eigenvalue weighted by Crippen LogP contribution is 2.31. The summed E-state index contributed by atoms with van der Waals surface area (Å²) in [4.78, 5) is 23.3. The molecule has 0 atom stereocenters. The number of nitro groups is 1. The molecule has 0 saturated carbocycles. The number of hydrogen-bond donors (Lipinski definition) is 1. The zero-order valence-corrected chi connectivity index (χ0v) is 11.8. The summed E-state index contributed by atoms with van der Waals surface area (Å²) in [5.41, 5.74) is 0.742. The highest BCUT2D eigenvalue weighted by atomic mass is 16.6. The SMILES string of the molecule is COc1cc(N2CCC(CC(=O)O)CC2)cc([N+](=O)[O-])c1. The molecule has 2 rings (SSSR count). The summed E-state index contributed by atoms with van der Waals surface area (Å²) in [5, 5.41) is 19.8. The minimum absolute atomic E-state index is 0.00277. The van der Waals surface area contributed by atoms with Crippen molar-refractivity contribution in [2.24, 2.45) is 5.92 Å². The van der Waals surface area contributed by atoms with Crippen molar-refractivity contribution in [1.82, 2.24) is 0 Å². The van der Waals surface area contributed by atoms with Crippen LogP contribution in [0.2, 0.25) is 0 Å². The first-order valence-electron chi connectivity index (χ1n) is 6.80. The Morgan fingerprint density at radius 3 is 2.62 bits per heavy atom. The van der Waals surface area contributed by atoms with E-state index >= 15 is 0 Å². The van der Waals surface area contributed by atoms with E-state index in [9.17, 15) is 14.9 Å². The molecule has 7 nitrogen and oxygen atoms in total. The topological polar surface area (TPSA) is 92.9 Å². The lowest BCUT2D eigenvalue weighted by Crippen LogP contribution is -2.34. The summed E-state index contributed by atoms with van der Waals surface area (Å²) in [6.07, 6.45) is 1.74. The van der Waals surface area contributed by atoms with Gasteiger partial charge in [0.05, 0.1) is 18.1 Å². The van der Waals surface area contributed by atoms with Gasteiger partial charge in [-0.15, -0.1) is 0 Å². The molecule has 21 heavy (non-hydrogen) atoms. The van der Waals surface area contributed by atoms with E-state index in [1.165, 1.54) is 19.2 Å². The van der Waals surface area contributed by atoms with Crippen LogP contribution in [0.1, 0.15) is 19.3 Å². The first-order valence-corrected chi connectivity index (χ1v) is 6.80. The molecule has 1 aromatic carbocycles. The standard InChI is InChI=1S/C14H18N2O5/c1-21-13-8-11(7-12(9-13)16(19)20)15-4-2-10(3-5-15)6-14(17)18/h7-10H,2-6H2,1H3,(H,17,18). The number of benzene rings is 1. The number of non-ortho nitro benzene ring substituents is 1. The smallest absolute Gasteiger partial charge is 0.303 e. The first-order chi connectivity index (χ1) is 9.99. The van der Waals surface area contributed by atoms with E-state index in [0.717, 1.165) is 18.5 Å². The van der Waals surface area contributed by atoms with Crippen molar-refractivity contribution in [3.63, 3.8) is 0 Å². The zero-order valence-electron chi connectivity index (χ0n) is 11.8. The summed E-state index contributed by atoms with van der Waals surface area (Å²) in [7, 11) is 1.47. The van der Waals surface area contributed by atoms with Gasteiger partial charge in [0, 0.05) is 37.3 Å². The van der Waals surface area contributed by atoms with Gasteiger partial charge in [-0.1, -0.05) is 0 Å². The Balaban J connectivity index is 2.10. The zero-order chi connectivity index (χ0) is 15.4. The Morgan fingerprint density at radius 2 is 2.10 bits per heavy atom. The van der Waals surface area contributed by atoms with Gasteiger partial charge in [-0.3, -0.25) is 14.9 Å². The van der Waals surface area contributed by atoms with Gasteiger partial charge in [-0.05, 0) is 18.8 Å². The number of anilines is 1. The number of methoxy groups -OCH3 is 1. The minimum Gasteiger partial charge on any atom is -0.496 e. The predicted octanol–water partition coefficient (Wildman–Crippen LogP) is 2.29. The number of nitro benzene ring substituents is 1. The van der Waals surface area contributed by atoms with Crippen LogP contribution in [0.15, 0.2) is 18.2 Å². The van der Waals surface area contributed by atoms with Gasteiger partial charge in [-0.2, -0.15) is 0 Å². The number of aliphatic carboxylic acids is 1. The molecule has 1 aromatic rings. The average Bonchev–Trinajstić information content (AvgIpc) is 2.46. The summed E-state index contributed by atoms with van der Waals surface area (Å²) >= 11 is 0. The van der Waals surface area contributed by atoms with Gasteiger partial charge in [-0.25, -0.2) is 0 Å². The van der Waals surface area contributed by atoms with Crippen LogP contribution in [0.4, 0.5) is 11.4 Å². The number of nitrogens with zero attached hydrogens (tertiary/aromatic N) is 2. The number of piperidine rings is 1. The van der Waals surface area contributed by atoms with E-state index in [0.29, 0.717) is 18.8 Å². The molecule has 114 valence electrons. The molecule has 1 N–H and O–H groups in total. The van der Waals surface area contributed by atoms with E-state index < -0.39 is 10.9 Å². The molecule has 0 spiro atoms. The Hall–Kier alpha value is -2.31. The molecule has 7 heteroatoms. The minimum atomic E-state index is -0.773. The average molecular weight is 294 g/mol. The van der Waals surface area contributed by atoms with Crippen molar-refractivity contribution in [3.05, 3.63) is 28.3 Å². The van der Waals surface area contributed by atoms with Crippen LogP contribution in [0.25, 0.3) is 0 Å². The maximum Gasteiger partial charge on any atom is 0.303 e. The van der Waals surface area contributed by atoms with Crippen LogP contribution >= 0.6 is 0 Å². The quantitative estimate of drug-likeness (QED) is 0.661. The largest absolute Gasteiger partial charge is 0.496 e. The fourth-order valence-electron chi connectivity index (χ4n) is 2.62. The van der Waals surface area contributed by atoms with Crippen LogP contribution in [0, 0.1) is 16.0 Å². The van der Waals surface area contributed by atoms with E-state index in [-0.39, 0.29) is 18.0 Å². The molecule has 0 amide bonds. The van der Waals surface area contributed by atoms with Crippen molar-refractivity contribution < 1.29 is 19.6 Å². The lowest BCUT2D eigenvalue weighted by molar-refractivity contribution is -0.384. The Labute approximate surface area is 122 Å². The maximum absolute atomic E-state index is 10.9. The molecule has 1 aliphatic heterocycles. The van der Waals surface area contributed by atoms with Gasteiger partial charge < -0.3 is 14.7 Å². The second kappa shape index (κ2) is 6.43. The van der Waals surface area contributed by atoms with Crippen molar-refractivity contribution in [2.75, 3.05) is 25.1 Å². The van der Waals surface area contributed by atoms with Crippen molar-refractivity contribution in [3.8, 4) is 5.75 Å². The molecule has 1 saturated heterocycles. The molecule has 1 aliphatic rings. The fourth-order valence-corrected chi connectivity index (χ4v) is 2.62. The molecule has 0 aliphatic carbocycles. The van der Waals surface area contributed by atoms with Gasteiger partial charge in [0.2, 0.25) is 0 Å². The van der Waals surface area contributed by atoms with E-state index in [2.05, 4.69) is 0 Å². The summed E-state index contributed by atoms with van der Waals surface area (Å²) in [6.45, 7) is 1.39. The van der Waals surface area contributed by atoms with Crippen molar-refractivity contribution >= 4 is 17.3 Å². The molecule has 0 bridgehead atoms. The van der Waals surface area contributed by atoms with Crippen molar-refractivity contribution in [1.29, 1.82) is 0 Å². The number of ether oxygens (including phenoxy) is 1. The Morgan fingerprint density at radius 1 is 1.43 bits per heavy atom. The van der Waals surface area contributed by atoms with Gasteiger partial charge in [0.1, 0.15) is 5.75 Å². The van der Waals surface area contributed by atoms with Gasteiger partial charge >= 0.3 is 5.97 Å². The highest BCUT2D eigenvalue weighted by Gasteiger charge is 2.23. The van der Waals surface area contributed by atoms with Crippen LogP contribution in [-0.4, -0.2) is 36.2 Å². The third-order valence-corrected chi connectivity index (χ3v) is 3.77. The molecule has 0 unspecified atom stereocenters. The number of hydrogen-bond acceptors (Lipinski definition) is 5. The number of carboxylic acid groups (broad SMARTS) is 1. The number of carboxylic acids is 1. The monoisotopic (exact) mass is 294 g/mol. The van der Waals surface area contributed by atoms with Crippen LogP contribution in [-0.2, 0) is 4.79 Å². The number of carbonyl (C=O) groups is 1. The normalized spacial score (nSPS) is 15.8. The molecular formula is C14H18N2O5. The molecule has 1 heterocycles. The predicted molar refractivity (Wildman–Crippen MR) is 76.8 cm³/mol. The molecule has 0 aromatic heterocycles. The summed E-state index contributed by atoms with van der Waals surface area (Å²) in [5.74, 6) is -0.142. The molecular weight excluding hydrogens is 276 g/mol. The van der Waals surface area contributed by atoms with Crippen LogP contribution in [0.5, 0.6) is 5.75 Å². The van der Waals surface area contributed by atoms with E-state index in [4.69, 9.17) is 9.84 Å². The third-order valence-electron chi connectivity index (χ3n) is 3.77. The van der Waals surface area contributed by atoms with Crippen molar-refractivity contribution in [2.45, 2.75) is 19.3 Å². The lowest BCUT2D eigenvalue weighted by atomic mass is 9.93. The van der Waals surface area contributed by atoms with Gasteiger partial charge in [0.25, 0.3) is 5.69 Å². The second-order valence-corrected chi connectivity index (χ2v) is 5.17. The second-order valence-electron chi connectivity index (χ2n) is 5.17. The molecule has 1 fully saturated rings. The highest BCUT2D eigenvalue weighted by molar-refractivity contribution is 5.67. The third kappa shape index (κ3) is 3.84. The van der Waals surface area contributed by atoms with Crippen LogP contribution in [0.3, 0.4) is 0 Å². The lowest BCUT2D eigenvalue weighted by Gasteiger charge is -2.33. The Kier molecular flexibility index (Phi) is 4.62. The first kappa shape index (κ1) is 15.1.